The Morgan fingerprint density at radius 3 is 2.45 bits per heavy atom. The van der Waals surface area contributed by atoms with Crippen LogP contribution in [0.2, 0.25) is 0 Å². The number of rotatable bonds is 5. The van der Waals surface area contributed by atoms with Gasteiger partial charge in [-0.3, -0.25) is 0 Å². The molecular weight excluding hydrogens is 250 g/mol. The highest BCUT2D eigenvalue weighted by atomic mass is 16.5. The minimum atomic E-state index is -0.173. The Labute approximate surface area is 122 Å². The fraction of sp³-hybridized carbons (Fsp3) is 0.750. The maximum atomic E-state index is 6.24. The van der Waals surface area contributed by atoms with E-state index in [9.17, 15) is 0 Å². The molecule has 2 rings (SSSR count). The summed E-state index contributed by atoms with van der Waals surface area (Å²) in [6, 6.07) is 2.01. The average Bonchev–Trinajstić information content (AvgIpc) is 2.59. The quantitative estimate of drug-likeness (QED) is 0.898. The van der Waals surface area contributed by atoms with Crippen molar-refractivity contribution < 1.29 is 4.74 Å². The zero-order chi connectivity index (χ0) is 14.8. The van der Waals surface area contributed by atoms with Crippen LogP contribution in [0.15, 0.2) is 18.5 Å². The van der Waals surface area contributed by atoms with E-state index in [4.69, 9.17) is 4.74 Å². The first-order chi connectivity index (χ1) is 9.36. The summed E-state index contributed by atoms with van der Waals surface area (Å²) in [5.74, 6) is 1.24. The van der Waals surface area contributed by atoms with Gasteiger partial charge in [-0.15, -0.1) is 0 Å². The number of hydrogen-bond acceptors (Lipinski definition) is 4. The summed E-state index contributed by atoms with van der Waals surface area (Å²) in [5.41, 5.74) is -0.261. The molecule has 1 aromatic rings. The van der Waals surface area contributed by atoms with Crippen molar-refractivity contribution in [3.05, 3.63) is 24.3 Å². The average molecular weight is 277 g/mol. The SMILES string of the molecule is CCCNC(c1ncccn1)C1CC(C)(C)OC1(C)C. The number of aromatic nitrogens is 2. The van der Waals surface area contributed by atoms with E-state index in [1.54, 1.807) is 0 Å². The lowest BCUT2D eigenvalue weighted by Crippen LogP contribution is -2.39. The Kier molecular flexibility index (Phi) is 4.45. The van der Waals surface area contributed by atoms with Crippen LogP contribution < -0.4 is 5.32 Å². The molecule has 2 heterocycles. The molecule has 0 aliphatic carbocycles. The van der Waals surface area contributed by atoms with Crippen molar-refractivity contribution in [2.75, 3.05) is 6.54 Å². The van der Waals surface area contributed by atoms with Crippen LogP contribution in [0.5, 0.6) is 0 Å². The predicted molar refractivity (Wildman–Crippen MR) is 80.4 cm³/mol. The van der Waals surface area contributed by atoms with Crippen LogP contribution in [0, 0.1) is 5.92 Å². The van der Waals surface area contributed by atoms with Gasteiger partial charge in [-0.25, -0.2) is 9.97 Å². The van der Waals surface area contributed by atoms with Crippen molar-refractivity contribution in [2.45, 2.75) is 64.7 Å². The molecule has 0 saturated carbocycles. The number of hydrogen-bond donors (Lipinski definition) is 1. The van der Waals surface area contributed by atoms with Crippen LogP contribution in [0.1, 0.15) is 59.3 Å². The minimum Gasteiger partial charge on any atom is -0.369 e. The molecule has 0 amide bonds. The van der Waals surface area contributed by atoms with E-state index in [2.05, 4.69) is 49.9 Å². The molecular formula is C16H27N3O. The van der Waals surface area contributed by atoms with E-state index >= 15 is 0 Å². The molecule has 4 heteroatoms. The van der Waals surface area contributed by atoms with Crippen LogP contribution in [0.25, 0.3) is 0 Å². The highest BCUT2D eigenvalue weighted by Gasteiger charge is 2.49. The second-order valence-electron chi connectivity index (χ2n) is 6.81. The van der Waals surface area contributed by atoms with E-state index in [-0.39, 0.29) is 17.2 Å². The maximum Gasteiger partial charge on any atom is 0.145 e. The molecule has 1 aromatic heterocycles. The number of ether oxygens (including phenoxy) is 1. The van der Waals surface area contributed by atoms with Crippen LogP contribution in [0.3, 0.4) is 0 Å². The molecule has 4 nitrogen and oxygen atoms in total. The zero-order valence-electron chi connectivity index (χ0n) is 13.3. The van der Waals surface area contributed by atoms with Gasteiger partial charge in [0.1, 0.15) is 5.82 Å². The normalized spacial score (nSPS) is 25.6. The molecule has 1 aliphatic rings. The summed E-state index contributed by atoms with van der Waals surface area (Å²) in [7, 11) is 0. The van der Waals surface area contributed by atoms with E-state index in [0.29, 0.717) is 5.92 Å². The number of nitrogens with zero attached hydrogens (tertiary/aromatic N) is 2. The van der Waals surface area contributed by atoms with Gasteiger partial charge in [0.2, 0.25) is 0 Å². The molecule has 0 bridgehead atoms. The third-order valence-corrected chi connectivity index (χ3v) is 4.02. The standard InChI is InChI=1S/C16H27N3O/c1-6-8-17-13(14-18-9-7-10-19-14)12-11-15(2,3)20-16(12,4)5/h7,9-10,12-13,17H,6,8,11H2,1-5H3. The van der Waals surface area contributed by atoms with Gasteiger partial charge in [0, 0.05) is 18.3 Å². The van der Waals surface area contributed by atoms with Gasteiger partial charge in [-0.05, 0) is 53.1 Å². The fourth-order valence-electron chi connectivity index (χ4n) is 3.31. The molecule has 0 aromatic carbocycles. The topological polar surface area (TPSA) is 47.0 Å². The summed E-state index contributed by atoms with van der Waals surface area (Å²) in [6.07, 6.45) is 5.74. The summed E-state index contributed by atoms with van der Waals surface area (Å²) < 4.78 is 6.24. The van der Waals surface area contributed by atoms with Crippen molar-refractivity contribution in [1.29, 1.82) is 0 Å². The Morgan fingerprint density at radius 2 is 1.95 bits per heavy atom. The third kappa shape index (κ3) is 3.36. The van der Waals surface area contributed by atoms with Crippen molar-refractivity contribution >= 4 is 0 Å². The van der Waals surface area contributed by atoms with Crippen LogP contribution in [-0.4, -0.2) is 27.7 Å². The molecule has 1 aliphatic heterocycles. The summed E-state index contributed by atoms with van der Waals surface area (Å²) in [4.78, 5) is 8.92. The largest absolute Gasteiger partial charge is 0.369 e. The molecule has 2 atom stereocenters. The highest BCUT2D eigenvalue weighted by Crippen LogP contribution is 2.47. The van der Waals surface area contributed by atoms with Gasteiger partial charge in [0.05, 0.1) is 17.2 Å². The Morgan fingerprint density at radius 1 is 1.30 bits per heavy atom. The van der Waals surface area contributed by atoms with Gasteiger partial charge in [-0.1, -0.05) is 6.92 Å². The van der Waals surface area contributed by atoms with E-state index in [1.165, 1.54) is 0 Å². The molecule has 0 radical (unpaired) electrons. The molecule has 1 N–H and O–H groups in total. The van der Waals surface area contributed by atoms with E-state index < -0.39 is 0 Å². The highest BCUT2D eigenvalue weighted by molar-refractivity contribution is 5.07. The zero-order valence-corrected chi connectivity index (χ0v) is 13.3. The molecule has 2 unspecified atom stereocenters. The van der Waals surface area contributed by atoms with E-state index in [0.717, 1.165) is 25.2 Å². The summed E-state index contributed by atoms with van der Waals surface area (Å²) in [5, 5.41) is 3.62. The lowest BCUT2D eigenvalue weighted by molar-refractivity contribution is -0.0781. The maximum absolute atomic E-state index is 6.24. The smallest absolute Gasteiger partial charge is 0.145 e. The first-order valence-electron chi connectivity index (χ1n) is 7.56. The number of nitrogens with one attached hydrogen (secondary N) is 1. The second-order valence-corrected chi connectivity index (χ2v) is 6.81. The lowest BCUT2D eigenvalue weighted by Gasteiger charge is -2.32. The predicted octanol–water partition coefficient (Wildman–Crippen LogP) is 3.11. The molecule has 1 fully saturated rings. The Balaban J connectivity index is 2.27. The van der Waals surface area contributed by atoms with Crippen molar-refractivity contribution in [3.8, 4) is 0 Å². The van der Waals surface area contributed by atoms with Crippen molar-refractivity contribution in [1.82, 2.24) is 15.3 Å². The van der Waals surface area contributed by atoms with Crippen molar-refractivity contribution in [2.24, 2.45) is 5.92 Å². The van der Waals surface area contributed by atoms with Crippen LogP contribution >= 0.6 is 0 Å². The molecule has 20 heavy (non-hydrogen) atoms. The fourth-order valence-corrected chi connectivity index (χ4v) is 3.31. The van der Waals surface area contributed by atoms with Gasteiger partial charge in [-0.2, -0.15) is 0 Å². The van der Waals surface area contributed by atoms with Gasteiger partial charge < -0.3 is 10.1 Å². The summed E-state index contributed by atoms with van der Waals surface area (Å²) >= 11 is 0. The van der Waals surface area contributed by atoms with Gasteiger partial charge >= 0.3 is 0 Å². The van der Waals surface area contributed by atoms with Gasteiger partial charge in [0.25, 0.3) is 0 Å². The second kappa shape index (κ2) is 5.78. The molecule has 1 saturated heterocycles. The lowest BCUT2D eigenvalue weighted by atomic mass is 9.81. The van der Waals surface area contributed by atoms with Crippen LogP contribution in [-0.2, 0) is 4.74 Å². The van der Waals surface area contributed by atoms with E-state index in [1.807, 2.05) is 18.5 Å². The first kappa shape index (κ1) is 15.4. The third-order valence-electron chi connectivity index (χ3n) is 4.02. The molecule has 0 spiro atoms. The van der Waals surface area contributed by atoms with Crippen LogP contribution in [0.4, 0.5) is 0 Å². The Hall–Kier alpha value is -1.00. The van der Waals surface area contributed by atoms with Gasteiger partial charge in [0.15, 0.2) is 0 Å². The Bertz CT molecular complexity index is 431. The van der Waals surface area contributed by atoms with Crippen molar-refractivity contribution in [3.63, 3.8) is 0 Å². The first-order valence-corrected chi connectivity index (χ1v) is 7.56. The molecule has 112 valence electrons. The monoisotopic (exact) mass is 277 g/mol. The minimum absolute atomic E-state index is 0.0882. The summed E-state index contributed by atoms with van der Waals surface area (Å²) in [6.45, 7) is 11.8.